The molecule has 0 unspecified atom stereocenters. The first-order valence-electron chi connectivity index (χ1n) is 8.01. The Bertz CT molecular complexity index is 847. The van der Waals surface area contributed by atoms with Crippen LogP contribution in [0.4, 0.5) is 13.6 Å². The Balaban J connectivity index is 1.72. The Hall–Kier alpha value is -2.55. The van der Waals surface area contributed by atoms with E-state index in [4.69, 9.17) is 5.11 Å². The molecule has 0 atom stereocenters. The Morgan fingerprint density at radius 3 is 2.68 bits per heavy atom. The van der Waals surface area contributed by atoms with Crippen molar-refractivity contribution < 1.29 is 18.7 Å². The van der Waals surface area contributed by atoms with E-state index in [1.165, 1.54) is 10.6 Å². The minimum absolute atomic E-state index is 0.0789. The summed E-state index contributed by atoms with van der Waals surface area (Å²) in [7, 11) is 0. The number of nitrogens with one attached hydrogen (secondary N) is 1. The molecule has 0 radical (unpaired) electrons. The molecule has 0 bridgehead atoms. The van der Waals surface area contributed by atoms with Gasteiger partial charge in [-0.2, -0.15) is 0 Å². The fourth-order valence-corrected chi connectivity index (χ4v) is 3.13. The Morgan fingerprint density at radius 1 is 1.28 bits per heavy atom. The van der Waals surface area contributed by atoms with E-state index in [2.05, 4.69) is 15.2 Å². The topological polar surface area (TPSA) is 87.5 Å². The van der Waals surface area contributed by atoms with Crippen LogP contribution in [0.25, 0.3) is 11.0 Å². The fraction of sp³-hybridized carbons (Fsp3) is 0.438. The first-order chi connectivity index (χ1) is 12.0. The lowest BCUT2D eigenvalue weighted by atomic mass is 10.1. The number of hydrogen-bond donors (Lipinski definition) is 2. The number of benzene rings is 1. The molecule has 1 amide bonds. The van der Waals surface area contributed by atoms with Gasteiger partial charge in [0.25, 0.3) is 5.56 Å². The summed E-state index contributed by atoms with van der Waals surface area (Å²) in [5.41, 5.74) is -0.391. The Morgan fingerprint density at radius 2 is 2.00 bits per heavy atom. The van der Waals surface area contributed by atoms with E-state index in [1.807, 2.05) is 0 Å². The summed E-state index contributed by atoms with van der Waals surface area (Å²) in [6.45, 7) is 2.02. The molecule has 2 heterocycles. The van der Waals surface area contributed by atoms with E-state index in [0.29, 0.717) is 32.5 Å². The zero-order valence-electron chi connectivity index (χ0n) is 13.4. The van der Waals surface area contributed by atoms with Crippen LogP contribution >= 0.6 is 0 Å². The van der Waals surface area contributed by atoms with Crippen molar-refractivity contribution in [2.75, 3.05) is 19.6 Å². The average Bonchev–Trinajstić information content (AvgIpc) is 2.58. The number of carboxylic acid groups (broad SMARTS) is 1. The van der Waals surface area contributed by atoms with E-state index in [9.17, 15) is 18.4 Å². The molecule has 0 aliphatic carbocycles. The summed E-state index contributed by atoms with van der Waals surface area (Å²) in [5.74, 6) is -2.10. The van der Waals surface area contributed by atoms with Crippen LogP contribution in [0, 0.1) is 11.6 Å². The number of nitrogens with zero attached hydrogens (tertiary/aromatic N) is 3. The number of aromatic nitrogens is 2. The molecular formula is C16H18F2N4O3. The first kappa shape index (κ1) is 17.3. The largest absolute Gasteiger partial charge is 0.465 e. The molecule has 0 spiro atoms. The standard InChI is InChI=1S/C16H18F2N4O3/c17-11-1-2-12-15(14(11)18)22(13(23)9-19-12)8-7-21-5-3-10(4-6-21)20-16(24)25/h1-2,9-10,20H,3-8H2,(H,24,25). The minimum Gasteiger partial charge on any atom is -0.465 e. The van der Waals surface area contributed by atoms with Crippen molar-refractivity contribution in [1.29, 1.82) is 0 Å². The minimum atomic E-state index is -1.08. The van der Waals surface area contributed by atoms with Gasteiger partial charge in [0.2, 0.25) is 0 Å². The number of halogens is 2. The van der Waals surface area contributed by atoms with Gasteiger partial charge in [-0.05, 0) is 25.0 Å². The third kappa shape index (κ3) is 3.76. The molecule has 134 valence electrons. The van der Waals surface area contributed by atoms with E-state index >= 15 is 0 Å². The summed E-state index contributed by atoms with van der Waals surface area (Å²) < 4.78 is 28.8. The lowest BCUT2D eigenvalue weighted by Gasteiger charge is -2.31. The molecule has 2 aromatic rings. The van der Waals surface area contributed by atoms with E-state index in [0.717, 1.165) is 12.3 Å². The average molecular weight is 352 g/mol. The third-order valence-corrected chi connectivity index (χ3v) is 4.45. The molecule has 1 aromatic carbocycles. The number of piperidine rings is 1. The molecule has 9 heteroatoms. The second kappa shape index (κ2) is 7.14. The van der Waals surface area contributed by atoms with Crippen molar-refractivity contribution >= 4 is 17.1 Å². The molecule has 25 heavy (non-hydrogen) atoms. The lowest BCUT2D eigenvalue weighted by Crippen LogP contribution is -2.45. The van der Waals surface area contributed by atoms with Crippen molar-refractivity contribution in [1.82, 2.24) is 19.8 Å². The van der Waals surface area contributed by atoms with E-state index in [-0.39, 0.29) is 23.6 Å². The summed E-state index contributed by atoms with van der Waals surface area (Å²) in [4.78, 5) is 28.6. The molecule has 1 fully saturated rings. The van der Waals surface area contributed by atoms with E-state index < -0.39 is 23.3 Å². The predicted molar refractivity (Wildman–Crippen MR) is 86.5 cm³/mol. The first-order valence-corrected chi connectivity index (χ1v) is 8.01. The molecule has 3 rings (SSSR count). The van der Waals surface area contributed by atoms with Crippen LogP contribution in [0.3, 0.4) is 0 Å². The van der Waals surface area contributed by atoms with Gasteiger partial charge in [0.05, 0.1) is 11.7 Å². The maximum absolute atomic E-state index is 14.1. The molecule has 1 aliphatic rings. The van der Waals surface area contributed by atoms with Crippen molar-refractivity contribution in [2.24, 2.45) is 0 Å². The molecule has 1 aromatic heterocycles. The number of rotatable bonds is 4. The molecule has 0 saturated carbocycles. The SMILES string of the molecule is O=C(O)NC1CCN(CCn2c(=O)cnc3ccc(F)c(F)c32)CC1. The van der Waals surface area contributed by atoms with Gasteiger partial charge in [-0.15, -0.1) is 0 Å². The van der Waals surface area contributed by atoms with Gasteiger partial charge in [-0.25, -0.2) is 18.6 Å². The van der Waals surface area contributed by atoms with Gasteiger partial charge >= 0.3 is 6.09 Å². The summed E-state index contributed by atoms with van der Waals surface area (Å²) in [6.07, 6.45) is 1.40. The van der Waals surface area contributed by atoms with Crippen LogP contribution in [0.15, 0.2) is 23.1 Å². The maximum atomic E-state index is 14.1. The van der Waals surface area contributed by atoms with Crippen molar-refractivity contribution in [2.45, 2.75) is 25.4 Å². The zero-order valence-corrected chi connectivity index (χ0v) is 13.4. The van der Waals surface area contributed by atoms with Crippen LogP contribution in [0.1, 0.15) is 12.8 Å². The smallest absolute Gasteiger partial charge is 0.404 e. The highest BCUT2D eigenvalue weighted by molar-refractivity contribution is 5.75. The normalized spacial score (nSPS) is 16.2. The van der Waals surface area contributed by atoms with Gasteiger partial charge < -0.3 is 19.9 Å². The lowest BCUT2D eigenvalue weighted by molar-refractivity contribution is 0.166. The quantitative estimate of drug-likeness (QED) is 0.869. The van der Waals surface area contributed by atoms with Gasteiger partial charge in [-0.3, -0.25) is 4.79 Å². The van der Waals surface area contributed by atoms with Crippen LogP contribution in [0.2, 0.25) is 0 Å². The number of fused-ring (bicyclic) bond motifs is 1. The van der Waals surface area contributed by atoms with Crippen molar-refractivity contribution in [3.05, 3.63) is 40.3 Å². The number of carbonyl (C=O) groups is 1. The van der Waals surface area contributed by atoms with Crippen molar-refractivity contribution in [3.63, 3.8) is 0 Å². The highest BCUT2D eigenvalue weighted by Crippen LogP contribution is 2.17. The van der Waals surface area contributed by atoms with Crippen LogP contribution in [-0.2, 0) is 6.54 Å². The summed E-state index contributed by atoms with van der Waals surface area (Å²) in [5, 5.41) is 11.2. The second-order valence-corrected chi connectivity index (χ2v) is 6.04. The van der Waals surface area contributed by atoms with Gasteiger partial charge in [0.1, 0.15) is 5.52 Å². The number of likely N-dealkylation sites (tertiary alicyclic amines) is 1. The predicted octanol–water partition coefficient (Wildman–Crippen LogP) is 1.41. The van der Waals surface area contributed by atoms with Gasteiger partial charge in [-0.1, -0.05) is 0 Å². The second-order valence-electron chi connectivity index (χ2n) is 6.04. The Kier molecular flexibility index (Phi) is 4.93. The maximum Gasteiger partial charge on any atom is 0.404 e. The van der Waals surface area contributed by atoms with Crippen LogP contribution in [-0.4, -0.2) is 51.3 Å². The van der Waals surface area contributed by atoms with Crippen molar-refractivity contribution in [3.8, 4) is 0 Å². The number of hydrogen-bond acceptors (Lipinski definition) is 4. The van der Waals surface area contributed by atoms with Gasteiger partial charge in [0, 0.05) is 32.2 Å². The fourth-order valence-electron chi connectivity index (χ4n) is 3.13. The zero-order chi connectivity index (χ0) is 18.0. The molecular weight excluding hydrogens is 334 g/mol. The Labute approximate surface area is 141 Å². The monoisotopic (exact) mass is 352 g/mol. The van der Waals surface area contributed by atoms with Crippen LogP contribution in [0.5, 0.6) is 0 Å². The summed E-state index contributed by atoms with van der Waals surface area (Å²) in [6, 6.07) is 2.25. The van der Waals surface area contributed by atoms with E-state index in [1.54, 1.807) is 0 Å². The number of amides is 1. The van der Waals surface area contributed by atoms with Gasteiger partial charge in [0.15, 0.2) is 11.6 Å². The molecule has 1 saturated heterocycles. The highest BCUT2D eigenvalue weighted by atomic mass is 19.2. The summed E-state index contributed by atoms with van der Waals surface area (Å²) >= 11 is 0. The van der Waals surface area contributed by atoms with Crippen LogP contribution < -0.4 is 10.9 Å². The molecule has 1 aliphatic heterocycles. The third-order valence-electron chi connectivity index (χ3n) is 4.45. The molecule has 7 nitrogen and oxygen atoms in total. The highest BCUT2D eigenvalue weighted by Gasteiger charge is 2.21. The molecule has 2 N–H and O–H groups in total.